The molecule has 4 aromatic rings. The van der Waals surface area contributed by atoms with Gasteiger partial charge >= 0.3 is 0 Å². The van der Waals surface area contributed by atoms with Crippen molar-refractivity contribution in [1.29, 1.82) is 0 Å². The van der Waals surface area contributed by atoms with Crippen LogP contribution in [0.1, 0.15) is 44.5 Å². The topological polar surface area (TPSA) is 85.8 Å². The number of nitrogens with one attached hydrogen (secondary N) is 1. The Bertz CT molecular complexity index is 1220. The maximum atomic E-state index is 13.4. The molecular weight excluding hydrogens is 421 g/mol. The first-order valence-electron chi connectivity index (χ1n) is 10.8. The lowest BCUT2D eigenvalue weighted by Gasteiger charge is -2.12. The zero-order chi connectivity index (χ0) is 23.4. The lowest BCUT2D eigenvalue weighted by molar-refractivity contribution is -0.116. The number of amides is 1. The normalized spacial score (nSPS) is 11.5. The highest BCUT2D eigenvalue weighted by Gasteiger charge is 2.22. The number of aromatic nitrogens is 4. The average molecular weight is 448 g/mol. The summed E-state index contributed by atoms with van der Waals surface area (Å²) in [5.41, 5.74) is 2.13. The Labute approximate surface area is 191 Å². The van der Waals surface area contributed by atoms with Gasteiger partial charge in [0.1, 0.15) is 17.3 Å². The van der Waals surface area contributed by atoms with Crippen LogP contribution in [0.3, 0.4) is 0 Å². The van der Waals surface area contributed by atoms with E-state index < -0.39 is 0 Å². The van der Waals surface area contributed by atoms with Crippen molar-refractivity contribution >= 4 is 11.7 Å². The number of halogens is 1. The molecule has 170 valence electrons. The third-order valence-corrected chi connectivity index (χ3v) is 5.11. The van der Waals surface area contributed by atoms with E-state index in [0.717, 1.165) is 5.56 Å². The van der Waals surface area contributed by atoms with Gasteiger partial charge in [-0.25, -0.2) is 9.37 Å². The fourth-order valence-electron chi connectivity index (χ4n) is 3.31. The molecule has 1 N–H and O–H groups in total. The van der Waals surface area contributed by atoms with Crippen LogP contribution in [0.5, 0.6) is 0 Å². The lowest BCUT2D eigenvalue weighted by atomic mass is 9.96. The first-order chi connectivity index (χ1) is 15.8. The van der Waals surface area contributed by atoms with Gasteiger partial charge < -0.3 is 14.4 Å². The van der Waals surface area contributed by atoms with Gasteiger partial charge in [-0.2, -0.15) is 4.98 Å². The van der Waals surface area contributed by atoms with Gasteiger partial charge in [-0.3, -0.25) is 4.79 Å². The number of carbonyl (C=O) groups excluding carboxylic acids is 1. The van der Waals surface area contributed by atoms with Crippen molar-refractivity contribution in [2.45, 2.75) is 45.6 Å². The van der Waals surface area contributed by atoms with E-state index in [1.807, 2.05) is 55.7 Å². The third kappa shape index (κ3) is 5.52. The highest BCUT2D eigenvalue weighted by molar-refractivity contribution is 5.93. The highest BCUT2D eigenvalue weighted by Crippen LogP contribution is 2.28. The van der Waals surface area contributed by atoms with E-state index in [-0.39, 0.29) is 23.6 Å². The van der Waals surface area contributed by atoms with Gasteiger partial charge in [-0.15, -0.1) is 0 Å². The second-order valence-corrected chi connectivity index (χ2v) is 8.87. The third-order valence-electron chi connectivity index (χ3n) is 5.11. The SMILES string of the molecule is CC(C)(C)c1noc(CCC(=O)Nc2c(-c3ccc(F)cc3)ncn2Cc2ccccc2)n1. The second-order valence-electron chi connectivity index (χ2n) is 8.87. The average Bonchev–Trinajstić information content (AvgIpc) is 3.42. The number of aryl methyl sites for hydroxylation is 1. The number of imidazole rings is 1. The van der Waals surface area contributed by atoms with Gasteiger partial charge in [-0.05, 0) is 29.8 Å². The quantitative estimate of drug-likeness (QED) is 0.431. The van der Waals surface area contributed by atoms with E-state index in [1.165, 1.54) is 12.1 Å². The summed E-state index contributed by atoms with van der Waals surface area (Å²) in [5.74, 6) is 1.05. The van der Waals surface area contributed by atoms with Gasteiger partial charge in [0.25, 0.3) is 0 Å². The number of hydrogen-bond acceptors (Lipinski definition) is 5. The number of nitrogens with zero attached hydrogens (tertiary/aromatic N) is 4. The summed E-state index contributed by atoms with van der Waals surface area (Å²) in [5, 5.41) is 6.98. The zero-order valence-corrected chi connectivity index (χ0v) is 18.9. The van der Waals surface area contributed by atoms with Crippen molar-refractivity contribution in [3.63, 3.8) is 0 Å². The van der Waals surface area contributed by atoms with Crippen LogP contribution in [0.15, 0.2) is 65.4 Å². The Morgan fingerprint density at radius 2 is 1.82 bits per heavy atom. The van der Waals surface area contributed by atoms with E-state index in [0.29, 0.717) is 41.8 Å². The standard InChI is InChI=1S/C25H26FN5O2/c1-25(2,3)24-29-21(33-30-24)14-13-20(32)28-23-22(18-9-11-19(26)12-10-18)27-16-31(23)15-17-7-5-4-6-8-17/h4-12,16H,13-15H2,1-3H3,(H,28,32). The number of rotatable bonds is 7. The van der Waals surface area contributed by atoms with Gasteiger partial charge in [0.15, 0.2) is 5.82 Å². The van der Waals surface area contributed by atoms with Crippen molar-refractivity contribution < 1.29 is 13.7 Å². The summed E-state index contributed by atoms with van der Waals surface area (Å²) >= 11 is 0. The molecule has 4 rings (SSSR count). The molecule has 0 spiro atoms. The molecular formula is C25H26FN5O2. The maximum absolute atomic E-state index is 13.4. The summed E-state index contributed by atoms with van der Waals surface area (Å²) in [4.78, 5) is 21.7. The second kappa shape index (κ2) is 9.36. The van der Waals surface area contributed by atoms with Crippen LogP contribution >= 0.6 is 0 Å². The number of anilines is 1. The molecule has 0 saturated carbocycles. The van der Waals surface area contributed by atoms with E-state index in [1.54, 1.807) is 18.5 Å². The molecule has 0 unspecified atom stereocenters. The van der Waals surface area contributed by atoms with Crippen LogP contribution in [0.25, 0.3) is 11.3 Å². The first-order valence-corrected chi connectivity index (χ1v) is 10.8. The minimum absolute atomic E-state index is 0.172. The summed E-state index contributed by atoms with van der Waals surface area (Å²) < 4.78 is 20.6. The molecule has 8 heteroatoms. The molecule has 33 heavy (non-hydrogen) atoms. The smallest absolute Gasteiger partial charge is 0.227 e. The van der Waals surface area contributed by atoms with Gasteiger partial charge in [0.05, 0.1) is 12.9 Å². The van der Waals surface area contributed by atoms with Gasteiger partial charge in [0, 0.05) is 23.8 Å². The molecule has 2 heterocycles. The summed E-state index contributed by atoms with van der Waals surface area (Å²) in [7, 11) is 0. The fraction of sp³-hybridized carbons (Fsp3) is 0.280. The molecule has 2 aromatic heterocycles. The predicted molar refractivity (Wildman–Crippen MR) is 123 cm³/mol. The van der Waals surface area contributed by atoms with E-state index in [9.17, 15) is 9.18 Å². The largest absolute Gasteiger partial charge is 0.339 e. The Hall–Kier alpha value is -3.81. The van der Waals surface area contributed by atoms with Crippen molar-refractivity contribution in [3.8, 4) is 11.3 Å². The van der Waals surface area contributed by atoms with Gasteiger partial charge in [0.2, 0.25) is 11.8 Å². The highest BCUT2D eigenvalue weighted by atomic mass is 19.1. The Morgan fingerprint density at radius 1 is 1.09 bits per heavy atom. The molecule has 2 aromatic carbocycles. The van der Waals surface area contributed by atoms with E-state index >= 15 is 0 Å². The number of benzene rings is 2. The summed E-state index contributed by atoms with van der Waals surface area (Å²) in [6.45, 7) is 6.53. The number of carbonyl (C=O) groups is 1. The maximum Gasteiger partial charge on any atom is 0.227 e. The molecule has 0 saturated heterocycles. The van der Waals surface area contributed by atoms with Crippen LogP contribution in [0, 0.1) is 5.82 Å². The van der Waals surface area contributed by atoms with Crippen LogP contribution in [0.4, 0.5) is 10.2 Å². The van der Waals surface area contributed by atoms with E-state index in [2.05, 4.69) is 20.4 Å². The predicted octanol–water partition coefficient (Wildman–Crippen LogP) is 4.99. The number of hydrogen-bond donors (Lipinski definition) is 1. The molecule has 0 aliphatic carbocycles. The Balaban J connectivity index is 1.53. The monoisotopic (exact) mass is 447 g/mol. The molecule has 0 aliphatic heterocycles. The molecule has 7 nitrogen and oxygen atoms in total. The van der Waals surface area contributed by atoms with Crippen molar-refractivity contribution in [2.75, 3.05) is 5.32 Å². The van der Waals surface area contributed by atoms with Crippen molar-refractivity contribution in [3.05, 3.63) is 84.0 Å². The van der Waals surface area contributed by atoms with Crippen molar-refractivity contribution in [2.24, 2.45) is 0 Å². The Kier molecular flexibility index (Phi) is 6.35. The van der Waals surface area contributed by atoms with Crippen LogP contribution in [0.2, 0.25) is 0 Å². The molecule has 0 radical (unpaired) electrons. The molecule has 1 amide bonds. The first kappa shape index (κ1) is 22.4. The molecule has 0 fully saturated rings. The van der Waals surface area contributed by atoms with E-state index in [4.69, 9.17) is 4.52 Å². The minimum atomic E-state index is -0.331. The molecule has 0 aliphatic rings. The van der Waals surface area contributed by atoms with Crippen LogP contribution in [-0.4, -0.2) is 25.6 Å². The van der Waals surface area contributed by atoms with Crippen LogP contribution in [-0.2, 0) is 23.2 Å². The van der Waals surface area contributed by atoms with Crippen molar-refractivity contribution in [1.82, 2.24) is 19.7 Å². The van der Waals surface area contributed by atoms with Gasteiger partial charge in [-0.1, -0.05) is 56.3 Å². The molecule has 0 atom stereocenters. The van der Waals surface area contributed by atoms with Crippen LogP contribution < -0.4 is 5.32 Å². The fourth-order valence-corrected chi connectivity index (χ4v) is 3.31. The summed E-state index contributed by atoms with van der Waals surface area (Å²) in [6, 6.07) is 15.9. The zero-order valence-electron chi connectivity index (χ0n) is 18.9. The lowest BCUT2D eigenvalue weighted by Crippen LogP contribution is -2.17. The summed E-state index contributed by atoms with van der Waals surface area (Å²) in [6.07, 6.45) is 2.17. The molecule has 0 bridgehead atoms. The Morgan fingerprint density at radius 3 is 2.48 bits per heavy atom. The minimum Gasteiger partial charge on any atom is -0.339 e.